The van der Waals surface area contributed by atoms with Gasteiger partial charge in [0.2, 0.25) is 11.8 Å². The van der Waals surface area contributed by atoms with Gasteiger partial charge in [0, 0.05) is 30.7 Å². The van der Waals surface area contributed by atoms with Gasteiger partial charge < -0.3 is 15.5 Å². The third kappa shape index (κ3) is 4.38. The molecule has 2 aromatic heterocycles. The molecule has 2 fully saturated rings. The van der Waals surface area contributed by atoms with Gasteiger partial charge in [0.1, 0.15) is 5.82 Å². The highest BCUT2D eigenvalue weighted by molar-refractivity contribution is 7.07. The number of piperidine rings is 2. The van der Waals surface area contributed by atoms with Crippen molar-refractivity contribution in [2.24, 2.45) is 5.41 Å². The number of pyridine rings is 1. The standard InChI is InChI=1S/C24H27N5O2S/c30-21(29-9-3-17(4-10-29)12-20-15-32-16-27-20)2-1-18-11-19-13-24(5-7-25-8-6-24)23(31)28-22(19)26-14-18/h1-2,11-12,14-16,25H,3-10,13H2,(H,26,28,31)/b2-1+. The van der Waals surface area contributed by atoms with Crippen molar-refractivity contribution in [1.29, 1.82) is 0 Å². The maximum absolute atomic E-state index is 12.7. The number of thiazole rings is 1. The van der Waals surface area contributed by atoms with Crippen molar-refractivity contribution in [1.82, 2.24) is 20.2 Å². The SMILES string of the molecule is O=C(/C=C/c1cnc2c(c1)CC1(CCNCC1)C(=O)N2)N1CCC(=Cc2cscn2)CC1. The topological polar surface area (TPSA) is 87.2 Å². The van der Waals surface area contributed by atoms with Crippen LogP contribution in [0.25, 0.3) is 12.2 Å². The van der Waals surface area contributed by atoms with Gasteiger partial charge in [-0.25, -0.2) is 9.97 Å². The van der Waals surface area contributed by atoms with E-state index in [9.17, 15) is 9.59 Å². The smallest absolute Gasteiger partial charge is 0.246 e. The van der Waals surface area contributed by atoms with Crippen molar-refractivity contribution < 1.29 is 9.59 Å². The van der Waals surface area contributed by atoms with E-state index >= 15 is 0 Å². The summed E-state index contributed by atoms with van der Waals surface area (Å²) in [5, 5.41) is 8.37. The van der Waals surface area contributed by atoms with Crippen LogP contribution in [-0.4, -0.2) is 52.9 Å². The van der Waals surface area contributed by atoms with Crippen LogP contribution in [0.3, 0.4) is 0 Å². The Morgan fingerprint density at radius 1 is 1.19 bits per heavy atom. The highest BCUT2D eigenvalue weighted by Crippen LogP contribution is 2.39. The van der Waals surface area contributed by atoms with E-state index in [1.807, 2.05) is 21.9 Å². The number of carbonyl (C=O) groups excluding carboxylic acids is 2. The van der Waals surface area contributed by atoms with E-state index in [1.165, 1.54) is 5.57 Å². The molecule has 0 unspecified atom stereocenters. The number of anilines is 1. The lowest BCUT2D eigenvalue weighted by atomic mass is 9.71. The number of nitrogens with zero attached hydrogens (tertiary/aromatic N) is 3. The first-order valence-electron chi connectivity index (χ1n) is 11.2. The van der Waals surface area contributed by atoms with E-state index in [2.05, 4.69) is 32.7 Å². The van der Waals surface area contributed by atoms with Gasteiger partial charge in [0.15, 0.2) is 0 Å². The minimum Gasteiger partial charge on any atom is -0.339 e. The molecule has 0 radical (unpaired) electrons. The van der Waals surface area contributed by atoms with Crippen LogP contribution in [0, 0.1) is 5.41 Å². The molecule has 7 nitrogen and oxygen atoms in total. The summed E-state index contributed by atoms with van der Waals surface area (Å²) in [6.45, 7) is 3.18. The van der Waals surface area contributed by atoms with Gasteiger partial charge >= 0.3 is 0 Å². The lowest BCUT2D eigenvalue weighted by Gasteiger charge is -2.39. The summed E-state index contributed by atoms with van der Waals surface area (Å²) in [7, 11) is 0. The first-order valence-corrected chi connectivity index (χ1v) is 12.1. The van der Waals surface area contributed by atoms with Crippen LogP contribution >= 0.6 is 11.3 Å². The number of carbonyl (C=O) groups is 2. The van der Waals surface area contributed by atoms with Crippen LogP contribution in [0.4, 0.5) is 5.82 Å². The largest absolute Gasteiger partial charge is 0.339 e. The predicted octanol–water partition coefficient (Wildman–Crippen LogP) is 3.12. The van der Waals surface area contributed by atoms with Crippen LogP contribution in [-0.2, 0) is 16.0 Å². The number of nitrogens with one attached hydrogen (secondary N) is 2. The summed E-state index contributed by atoms with van der Waals surface area (Å²) in [5.41, 5.74) is 5.79. The van der Waals surface area contributed by atoms with Gasteiger partial charge in [-0.1, -0.05) is 5.57 Å². The average molecular weight is 450 g/mol. The first-order chi connectivity index (χ1) is 15.6. The normalized spacial score (nSPS) is 20.3. The number of aromatic nitrogens is 2. The Morgan fingerprint density at radius 3 is 2.75 bits per heavy atom. The molecule has 0 bridgehead atoms. The summed E-state index contributed by atoms with van der Waals surface area (Å²) in [6, 6.07) is 2.06. The van der Waals surface area contributed by atoms with E-state index in [0.29, 0.717) is 12.2 Å². The number of amides is 2. The fourth-order valence-corrected chi connectivity index (χ4v) is 5.31. The third-order valence-corrected chi connectivity index (χ3v) is 7.33. The highest BCUT2D eigenvalue weighted by atomic mass is 32.1. The third-order valence-electron chi connectivity index (χ3n) is 6.73. The average Bonchev–Trinajstić information content (AvgIpc) is 3.32. The molecular weight excluding hydrogens is 422 g/mol. The molecule has 5 heterocycles. The molecule has 0 aromatic carbocycles. The molecule has 166 valence electrons. The van der Waals surface area contributed by atoms with Crippen molar-refractivity contribution in [3.8, 4) is 0 Å². The Balaban J connectivity index is 1.22. The molecular formula is C24H27N5O2S. The molecule has 2 aromatic rings. The van der Waals surface area contributed by atoms with Gasteiger partial charge in [0.25, 0.3) is 0 Å². The van der Waals surface area contributed by atoms with Gasteiger partial charge in [-0.15, -0.1) is 11.3 Å². The predicted molar refractivity (Wildman–Crippen MR) is 126 cm³/mol. The number of hydrogen-bond acceptors (Lipinski definition) is 6. The van der Waals surface area contributed by atoms with Crippen molar-refractivity contribution >= 4 is 41.1 Å². The van der Waals surface area contributed by atoms with E-state index in [4.69, 9.17) is 0 Å². The summed E-state index contributed by atoms with van der Waals surface area (Å²) < 4.78 is 0. The summed E-state index contributed by atoms with van der Waals surface area (Å²) in [5.74, 6) is 0.766. The lowest BCUT2D eigenvalue weighted by molar-refractivity contribution is -0.127. The number of rotatable bonds is 3. The second-order valence-electron chi connectivity index (χ2n) is 8.81. The van der Waals surface area contributed by atoms with Gasteiger partial charge in [-0.05, 0) is 74.5 Å². The maximum atomic E-state index is 12.7. The lowest BCUT2D eigenvalue weighted by Crippen LogP contribution is -2.48. The fourth-order valence-electron chi connectivity index (χ4n) is 4.80. The van der Waals surface area contributed by atoms with E-state index in [1.54, 1.807) is 23.6 Å². The molecule has 0 aliphatic carbocycles. The van der Waals surface area contributed by atoms with Crippen LogP contribution in [0.15, 0.2) is 34.8 Å². The van der Waals surface area contributed by atoms with Crippen molar-refractivity contribution in [2.45, 2.75) is 32.1 Å². The molecule has 0 atom stereocenters. The van der Waals surface area contributed by atoms with Crippen LogP contribution in [0.5, 0.6) is 0 Å². The van der Waals surface area contributed by atoms with Gasteiger partial charge in [-0.2, -0.15) is 0 Å². The Morgan fingerprint density at radius 2 is 2.00 bits per heavy atom. The number of likely N-dealkylation sites (tertiary alicyclic amines) is 1. The van der Waals surface area contributed by atoms with Crippen molar-refractivity contribution in [2.75, 3.05) is 31.5 Å². The van der Waals surface area contributed by atoms with E-state index < -0.39 is 0 Å². The zero-order valence-electron chi connectivity index (χ0n) is 18.0. The second-order valence-corrected chi connectivity index (χ2v) is 9.53. The zero-order chi connectivity index (χ0) is 22.0. The first kappa shape index (κ1) is 21.0. The van der Waals surface area contributed by atoms with Gasteiger partial charge in [-0.3, -0.25) is 9.59 Å². The Hall–Kier alpha value is -2.84. The monoisotopic (exact) mass is 449 g/mol. The molecule has 0 saturated carbocycles. The molecule has 2 saturated heterocycles. The summed E-state index contributed by atoms with van der Waals surface area (Å²) >= 11 is 1.60. The molecule has 2 N–H and O–H groups in total. The molecule has 32 heavy (non-hydrogen) atoms. The molecule has 8 heteroatoms. The Labute approximate surface area is 191 Å². The van der Waals surface area contributed by atoms with Crippen molar-refractivity contribution in [3.63, 3.8) is 0 Å². The minimum absolute atomic E-state index is 0.0264. The number of hydrogen-bond donors (Lipinski definition) is 2. The molecule has 2 amide bonds. The van der Waals surface area contributed by atoms with E-state index in [0.717, 1.165) is 68.7 Å². The molecule has 3 aliphatic rings. The molecule has 3 aliphatic heterocycles. The van der Waals surface area contributed by atoms with Crippen LogP contribution in [0.2, 0.25) is 0 Å². The second kappa shape index (κ2) is 8.96. The Bertz CT molecular complexity index is 1060. The minimum atomic E-state index is -0.338. The van der Waals surface area contributed by atoms with Crippen molar-refractivity contribution in [3.05, 3.63) is 51.6 Å². The zero-order valence-corrected chi connectivity index (χ0v) is 18.8. The Kier molecular flexibility index (Phi) is 5.89. The van der Waals surface area contributed by atoms with E-state index in [-0.39, 0.29) is 17.2 Å². The summed E-state index contributed by atoms with van der Waals surface area (Å²) in [4.78, 5) is 36.0. The molecule has 1 spiro atoms. The highest BCUT2D eigenvalue weighted by Gasteiger charge is 2.43. The molecule has 5 rings (SSSR count). The maximum Gasteiger partial charge on any atom is 0.246 e. The fraction of sp³-hybridized carbons (Fsp3) is 0.417. The summed E-state index contributed by atoms with van der Waals surface area (Å²) in [6.07, 6.45) is 11.5. The van der Waals surface area contributed by atoms with Gasteiger partial charge in [0.05, 0.1) is 16.6 Å². The number of fused-ring (bicyclic) bond motifs is 1. The van der Waals surface area contributed by atoms with Crippen LogP contribution in [0.1, 0.15) is 42.5 Å². The van der Waals surface area contributed by atoms with Crippen LogP contribution < -0.4 is 10.6 Å². The quantitative estimate of drug-likeness (QED) is 0.703.